The van der Waals surface area contributed by atoms with E-state index in [4.69, 9.17) is 14.0 Å². The summed E-state index contributed by atoms with van der Waals surface area (Å²) in [5.74, 6) is 1.94. The Morgan fingerprint density at radius 1 is 1.28 bits per heavy atom. The van der Waals surface area contributed by atoms with Gasteiger partial charge in [0.2, 0.25) is 0 Å². The molecule has 0 radical (unpaired) electrons. The molecule has 0 bridgehead atoms. The molecule has 6 heteroatoms. The minimum absolute atomic E-state index is 0.109. The quantitative estimate of drug-likeness (QED) is 0.825. The highest BCUT2D eigenvalue weighted by Crippen LogP contribution is 2.37. The fraction of sp³-hybridized carbons (Fsp3) is 0.474. The molecule has 1 fully saturated rings. The summed E-state index contributed by atoms with van der Waals surface area (Å²) in [7, 11) is 3.11. The zero-order chi connectivity index (χ0) is 18.0. The molecule has 1 saturated heterocycles. The van der Waals surface area contributed by atoms with E-state index in [2.05, 4.69) is 19.0 Å². The maximum atomic E-state index is 13.2. The summed E-state index contributed by atoms with van der Waals surface area (Å²) in [5, 5.41) is 4.13. The molecule has 1 amide bonds. The Labute approximate surface area is 147 Å². The molecule has 3 rings (SSSR count). The van der Waals surface area contributed by atoms with Gasteiger partial charge in [-0.25, -0.2) is 0 Å². The smallest absolute Gasteiger partial charge is 0.262 e. The van der Waals surface area contributed by atoms with Crippen LogP contribution in [0.3, 0.4) is 0 Å². The van der Waals surface area contributed by atoms with Crippen molar-refractivity contribution in [1.82, 2.24) is 10.1 Å². The number of carbonyl (C=O) groups is 1. The molecule has 1 unspecified atom stereocenters. The third kappa shape index (κ3) is 3.21. The first-order valence-electron chi connectivity index (χ1n) is 8.55. The third-order valence-electron chi connectivity index (χ3n) is 4.62. The third-order valence-corrected chi connectivity index (χ3v) is 4.62. The van der Waals surface area contributed by atoms with Crippen LogP contribution in [-0.2, 0) is 0 Å². The molecular formula is C19H24N2O4. The zero-order valence-electron chi connectivity index (χ0n) is 15.1. The van der Waals surface area contributed by atoms with Gasteiger partial charge in [0.25, 0.3) is 5.91 Å². The van der Waals surface area contributed by atoms with Crippen molar-refractivity contribution in [3.8, 4) is 11.5 Å². The monoisotopic (exact) mass is 344 g/mol. The van der Waals surface area contributed by atoms with Crippen LogP contribution in [0.4, 0.5) is 0 Å². The van der Waals surface area contributed by atoms with Crippen LogP contribution < -0.4 is 9.47 Å². The molecule has 0 aliphatic carbocycles. The Morgan fingerprint density at radius 2 is 1.96 bits per heavy atom. The minimum Gasteiger partial charge on any atom is -0.496 e. The molecule has 1 aliphatic rings. The van der Waals surface area contributed by atoms with Crippen molar-refractivity contribution < 1.29 is 18.8 Å². The lowest BCUT2D eigenvalue weighted by Crippen LogP contribution is -2.31. The van der Waals surface area contributed by atoms with Crippen molar-refractivity contribution in [3.63, 3.8) is 0 Å². The molecule has 2 aromatic rings. The molecule has 1 aromatic heterocycles. The van der Waals surface area contributed by atoms with Crippen LogP contribution in [0.1, 0.15) is 60.5 Å². The van der Waals surface area contributed by atoms with Crippen LogP contribution in [0, 0.1) is 0 Å². The van der Waals surface area contributed by atoms with Gasteiger partial charge in [-0.2, -0.15) is 0 Å². The molecule has 1 aliphatic heterocycles. The summed E-state index contributed by atoms with van der Waals surface area (Å²) in [6.45, 7) is 4.81. The number of ether oxygens (including phenoxy) is 2. The lowest BCUT2D eigenvalue weighted by Gasteiger charge is -2.24. The maximum absolute atomic E-state index is 13.2. The minimum atomic E-state index is -0.112. The lowest BCUT2D eigenvalue weighted by molar-refractivity contribution is 0.0707. The number of hydrogen-bond donors (Lipinski definition) is 0. The number of amides is 1. The van der Waals surface area contributed by atoms with Crippen molar-refractivity contribution in [3.05, 3.63) is 41.3 Å². The number of aromatic nitrogens is 1. The van der Waals surface area contributed by atoms with Crippen LogP contribution in [-0.4, -0.2) is 36.7 Å². The van der Waals surface area contributed by atoms with Gasteiger partial charge >= 0.3 is 0 Å². The first kappa shape index (κ1) is 17.3. The standard InChI is InChI=1S/C19H24N2O4/c1-12(2)13-11-17(25-20-13)14-7-6-10-21(14)19(22)18-15(23-3)8-5-9-16(18)24-4/h5,8-9,11-12,14H,6-7,10H2,1-4H3. The van der Waals surface area contributed by atoms with E-state index in [1.165, 1.54) is 0 Å². The molecular weight excluding hydrogens is 320 g/mol. The molecule has 1 aromatic carbocycles. The molecule has 0 saturated carbocycles. The number of rotatable bonds is 5. The second kappa shape index (κ2) is 7.17. The van der Waals surface area contributed by atoms with Crippen molar-refractivity contribution in [2.75, 3.05) is 20.8 Å². The molecule has 6 nitrogen and oxygen atoms in total. The fourth-order valence-corrected chi connectivity index (χ4v) is 3.24. The summed E-state index contributed by atoms with van der Waals surface area (Å²) in [6, 6.07) is 7.20. The number of hydrogen-bond acceptors (Lipinski definition) is 5. The summed E-state index contributed by atoms with van der Waals surface area (Å²) in [6.07, 6.45) is 1.78. The Morgan fingerprint density at radius 3 is 2.52 bits per heavy atom. The fourth-order valence-electron chi connectivity index (χ4n) is 3.24. The van der Waals surface area contributed by atoms with E-state index >= 15 is 0 Å². The van der Waals surface area contributed by atoms with Crippen LogP contribution in [0.25, 0.3) is 0 Å². The van der Waals surface area contributed by atoms with Gasteiger partial charge in [-0.15, -0.1) is 0 Å². The first-order valence-corrected chi connectivity index (χ1v) is 8.55. The number of likely N-dealkylation sites (tertiary alicyclic amines) is 1. The molecule has 0 N–H and O–H groups in total. The number of methoxy groups -OCH3 is 2. The Hall–Kier alpha value is -2.50. The summed E-state index contributed by atoms with van der Waals surface area (Å²) >= 11 is 0. The van der Waals surface area contributed by atoms with Crippen molar-refractivity contribution >= 4 is 5.91 Å². The van der Waals surface area contributed by atoms with E-state index in [-0.39, 0.29) is 17.9 Å². The average molecular weight is 344 g/mol. The molecule has 1 atom stereocenters. The SMILES string of the molecule is COc1cccc(OC)c1C(=O)N1CCCC1c1cc(C(C)C)no1. The van der Waals surface area contributed by atoms with Gasteiger partial charge in [-0.1, -0.05) is 25.1 Å². The maximum Gasteiger partial charge on any atom is 0.262 e. The molecule has 0 spiro atoms. The molecule has 25 heavy (non-hydrogen) atoms. The highest BCUT2D eigenvalue weighted by molar-refractivity contribution is 6.00. The predicted molar refractivity (Wildman–Crippen MR) is 93.1 cm³/mol. The van der Waals surface area contributed by atoms with Crippen LogP contribution in [0.2, 0.25) is 0 Å². The van der Waals surface area contributed by atoms with Gasteiger partial charge < -0.3 is 18.9 Å². The van der Waals surface area contributed by atoms with Crippen LogP contribution in [0.15, 0.2) is 28.8 Å². The predicted octanol–water partition coefficient (Wildman–Crippen LogP) is 3.79. The first-order chi connectivity index (χ1) is 12.1. The Kier molecular flexibility index (Phi) is 4.97. The summed E-state index contributed by atoms with van der Waals surface area (Å²) in [4.78, 5) is 15.1. The topological polar surface area (TPSA) is 64.8 Å². The van der Waals surface area contributed by atoms with E-state index in [0.717, 1.165) is 24.3 Å². The van der Waals surface area contributed by atoms with Gasteiger partial charge in [-0.05, 0) is 30.9 Å². The van der Waals surface area contributed by atoms with E-state index < -0.39 is 0 Å². The number of nitrogens with zero attached hydrogens (tertiary/aromatic N) is 2. The molecule has 2 heterocycles. The van der Waals surface area contributed by atoms with Gasteiger partial charge in [-0.3, -0.25) is 4.79 Å². The average Bonchev–Trinajstić information content (AvgIpc) is 3.28. The summed E-state index contributed by atoms with van der Waals surface area (Å²) < 4.78 is 16.3. The Balaban J connectivity index is 1.93. The lowest BCUT2D eigenvalue weighted by atomic mass is 10.1. The highest BCUT2D eigenvalue weighted by atomic mass is 16.5. The van der Waals surface area contributed by atoms with E-state index in [1.54, 1.807) is 32.4 Å². The van der Waals surface area contributed by atoms with Gasteiger partial charge in [0.05, 0.1) is 26.0 Å². The highest BCUT2D eigenvalue weighted by Gasteiger charge is 2.35. The van der Waals surface area contributed by atoms with Crippen LogP contribution in [0.5, 0.6) is 11.5 Å². The number of benzene rings is 1. The Bertz CT molecular complexity index is 731. The van der Waals surface area contributed by atoms with Gasteiger partial charge in [0.1, 0.15) is 17.1 Å². The van der Waals surface area contributed by atoms with E-state index in [1.807, 2.05) is 11.0 Å². The van der Waals surface area contributed by atoms with Gasteiger partial charge in [0.15, 0.2) is 5.76 Å². The van der Waals surface area contributed by atoms with Crippen LogP contribution >= 0.6 is 0 Å². The second-order valence-corrected chi connectivity index (χ2v) is 6.50. The van der Waals surface area contributed by atoms with Crippen molar-refractivity contribution in [2.45, 2.75) is 38.6 Å². The zero-order valence-corrected chi connectivity index (χ0v) is 15.1. The normalized spacial score (nSPS) is 17.2. The van der Waals surface area contributed by atoms with Gasteiger partial charge in [0, 0.05) is 12.6 Å². The largest absolute Gasteiger partial charge is 0.496 e. The van der Waals surface area contributed by atoms with Crippen molar-refractivity contribution in [2.24, 2.45) is 0 Å². The molecule has 134 valence electrons. The number of carbonyl (C=O) groups excluding carboxylic acids is 1. The second-order valence-electron chi connectivity index (χ2n) is 6.50. The van der Waals surface area contributed by atoms with E-state index in [9.17, 15) is 4.79 Å². The summed E-state index contributed by atoms with van der Waals surface area (Å²) in [5.41, 5.74) is 1.35. The van der Waals surface area contributed by atoms with E-state index in [0.29, 0.717) is 23.6 Å². The van der Waals surface area contributed by atoms with Crippen molar-refractivity contribution in [1.29, 1.82) is 0 Å².